The highest BCUT2D eigenvalue weighted by Gasteiger charge is 2.44. The molecule has 4 N–H and O–H groups in total. The molecule has 2 aliphatic carbocycles. The predicted molar refractivity (Wildman–Crippen MR) is 100 cm³/mol. The van der Waals surface area contributed by atoms with Crippen LogP contribution in [0.5, 0.6) is 0 Å². The smallest absolute Gasteiger partial charge is 0.228 e. The lowest BCUT2D eigenvalue weighted by atomic mass is 9.64. The molecule has 6 heteroatoms. The van der Waals surface area contributed by atoms with Gasteiger partial charge in [0.15, 0.2) is 0 Å². The van der Waals surface area contributed by atoms with E-state index in [1.807, 2.05) is 24.4 Å². The Bertz CT molecular complexity index is 685. The first-order valence-electron chi connectivity index (χ1n) is 8.47. The lowest BCUT2D eigenvalue weighted by Gasteiger charge is -2.38. The molecule has 134 valence electrons. The number of hydrogen-bond donors (Lipinski definition) is 2. The van der Waals surface area contributed by atoms with E-state index in [9.17, 15) is 4.79 Å². The zero-order chi connectivity index (χ0) is 17.0. The molecule has 2 fully saturated rings. The van der Waals surface area contributed by atoms with Crippen molar-refractivity contribution in [1.29, 1.82) is 0 Å². The number of nitrogens with two attached hydrogens (primary N) is 2. The van der Waals surface area contributed by atoms with E-state index in [0.717, 1.165) is 37.7 Å². The quantitative estimate of drug-likeness (QED) is 0.879. The molecule has 4 rings (SSSR count). The molecular weight excluding hydrogens is 336 g/mol. The van der Waals surface area contributed by atoms with Crippen molar-refractivity contribution in [2.24, 2.45) is 11.5 Å². The third kappa shape index (κ3) is 3.83. The monoisotopic (exact) mass is 360 g/mol. The van der Waals surface area contributed by atoms with Gasteiger partial charge in [0, 0.05) is 30.3 Å². The van der Waals surface area contributed by atoms with Gasteiger partial charge in [0.05, 0.1) is 5.41 Å². The molecular formula is C19H25ClN4O. The van der Waals surface area contributed by atoms with Crippen molar-refractivity contribution in [3.63, 3.8) is 0 Å². The average molecular weight is 361 g/mol. The number of primary amides is 1. The number of amides is 1. The van der Waals surface area contributed by atoms with Crippen molar-refractivity contribution < 1.29 is 4.79 Å². The molecule has 2 aliphatic rings. The van der Waals surface area contributed by atoms with Crippen LogP contribution in [0.2, 0.25) is 0 Å². The van der Waals surface area contributed by atoms with E-state index in [1.165, 1.54) is 12.0 Å². The van der Waals surface area contributed by atoms with E-state index in [-0.39, 0.29) is 23.9 Å². The number of halogens is 1. The zero-order valence-electron chi connectivity index (χ0n) is 14.2. The van der Waals surface area contributed by atoms with Crippen molar-refractivity contribution in [2.75, 3.05) is 0 Å². The maximum absolute atomic E-state index is 11.3. The van der Waals surface area contributed by atoms with Crippen molar-refractivity contribution in [1.82, 2.24) is 9.97 Å². The second kappa shape index (κ2) is 7.93. The minimum absolute atomic E-state index is 0. The first-order valence-corrected chi connectivity index (χ1v) is 8.47. The fraction of sp³-hybridized carbons (Fsp3) is 0.421. The number of carbonyl (C=O) groups excluding carboxylic acids is 1. The molecule has 0 radical (unpaired) electrons. The largest absolute Gasteiger partial charge is 0.369 e. The SMILES string of the molecule is Cl.NC(=O)C1(c2cccnc2)CCC1.NC1(c2cccnc2)CCC1. The van der Waals surface area contributed by atoms with Crippen LogP contribution in [0.4, 0.5) is 0 Å². The van der Waals surface area contributed by atoms with E-state index in [2.05, 4.69) is 16.0 Å². The van der Waals surface area contributed by atoms with E-state index < -0.39 is 5.41 Å². The van der Waals surface area contributed by atoms with E-state index in [1.54, 1.807) is 18.6 Å². The highest BCUT2D eigenvalue weighted by molar-refractivity contribution is 5.87. The number of aromatic nitrogens is 2. The molecule has 0 saturated heterocycles. The van der Waals surface area contributed by atoms with Crippen molar-refractivity contribution >= 4 is 18.3 Å². The second-order valence-corrected chi connectivity index (χ2v) is 6.79. The van der Waals surface area contributed by atoms with E-state index >= 15 is 0 Å². The highest BCUT2D eigenvalue weighted by atomic mass is 35.5. The summed E-state index contributed by atoms with van der Waals surface area (Å²) in [5.74, 6) is -0.216. The fourth-order valence-electron chi connectivity index (χ4n) is 3.36. The van der Waals surface area contributed by atoms with Crippen LogP contribution in [-0.2, 0) is 15.7 Å². The molecule has 2 aromatic heterocycles. The maximum Gasteiger partial charge on any atom is 0.228 e. The van der Waals surface area contributed by atoms with Gasteiger partial charge in [-0.3, -0.25) is 14.8 Å². The number of carbonyl (C=O) groups is 1. The topological polar surface area (TPSA) is 94.9 Å². The molecule has 1 amide bonds. The van der Waals surface area contributed by atoms with Crippen LogP contribution in [0.3, 0.4) is 0 Å². The van der Waals surface area contributed by atoms with Gasteiger partial charge in [-0.05, 0) is 55.4 Å². The van der Waals surface area contributed by atoms with Gasteiger partial charge in [-0.25, -0.2) is 0 Å². The number of hydrogen-bond acceptors (Lipinski definition) is 4. The molecule has 2 aromatic rings. The van der Waals surface area contributed by atoms with Crippen molar-refractivity contribution in [3.8, 4) is 0 Å². The minimum atomic E-state index is -0.408. The maximum atomic E-state index is 11.3. The van der Waals surface area contributed by atoms with Gasteiger partial charge in [-0.15, -0.1) is 12.4 Å². The predicted octanol–water partition coefficient (Wildman–Crippen LogP) is 2.83. The van der Waals surface area contributed by atoms with Crippen LogP contribution < -0.4 is 11.5 Å². The average Bonchev–Trinajstić information content (AvgIpc) is 2.54. The van der Waals surface area contributed by atoms with Gasteiger partial charge in [-0.1, -0.05) is 18.6 Å². The molecule has 2 saturated carbocycles. The Balaban J connectivity index is 0.000000175. The highest BCUT2D eigenvalue weighted by Crippen LogP contribution is 2.43. The fourth-order valence-corrected chi connectivity index (χ4v) is 3.36. The minimum Gasteiger partial charge on any atom is -0.369 e. The molecule has 25 heavy (non-hydrogen) atoms. The summed E-state index contributed by atoms with van der Waals surface area (Å²) in [5.41, 5.74) is 13.2. The zero-order valence-corrected chi connectivity index (χ0v) is 15.0. The number of rotatable bonds is 3. The molecule has 0 atom stereocenters. The Morgan fingerprint density at radius 3 is 1.76 bits per heavy atom. The van der Waals surface area contributed by atoms with Crippen LogP contribution >= 0.6 is 12.4 Å². The standard InChI is InChI=1S/C10H12N2O.C9H12N2.ClH/c11-9(13)10(4-2-5-10)8-3-1-6-12-7-8;10-9(4-2-5-9)8-3-1-6-11-7-8;/h1,3,6-7H,2,4-5H2,(H2,11,13);1,3,6-7H,2,4-5,10H2;1H. The summed E-state index contributed by atoms with van der Waals surface area (Å²) < 4.78 is 0. The Morgan fingerprint density at radius 2 is 1.44 bits per heavy atom. The van der Waals surface area contributed by atoms with Gasteiger partial charge >= 0.3 is 0 Å². The van der Waals surface area contributed by atoms with Crippen molar-refractivity contribution in [3.05, 3.63) is 60.2 Å². The van der Waals surface area contributed by atoms with Gasteiger partial charge in [-0.2, -0.15) is 0 Å². The Labute approximate surface area is 154 Å². The normalized spacial score (nSPS) is 19.1. The Morgan fingerprint density at radius 1 is 0.920 bits per heavy atom. The van der Waals surface area contributed by atoms with Gasteiger partial charge in [0.1, 0.15) is 0 Å². The van der Waals surface area contributed by atoms with Gasteiger partial charge in [0.2, 0.25) is 5.91 Å². The summed E-state index contributed by atoms with van der Waals surface area (Å²) in [6.07, 6.45) is 13.4. The summed E-state index contributed by atoms with van der Waals surface area (Å²) in [7, 11) is 0. The second-order valence-electron chi connectivity index (χ2n) is 6.79. The summed E-state index contributed by atoms with van der Waals surface area (Å²) in [6, 6.07) is 7.78. The summed E-state index contributed by atoms with van der Waals surface area (Å²) in [5, 5.41) is 0. The molecule has 0 bridgehead atoms. The van der Waals surface area contributed by atoms with Gasteiger partial charge in [0.25, 0.3) is 0 Å². The number of nitrogens with zero attached hydrogens (tertiary/aromatic N) is 2. The third-order valence-electron chi connectivity index (χ3n) is 5.38. The first-order chi connectivity index (χ1) is 11.6. The molecule has 0 aromatic carbocycles. The lowest BCUT2D eigenvalue weighted by molar-refractivity contribution is -0.126. The molecule has 0 unspecified atom stereocenters. The third-order valence-corrected chi connectivity index (χ3v) is 5.38. The Hall–Kier alpha value is -1.98. The lowest BCUT2D eigenvalue weighted by Crippen LogP contribution is -2.46. The van der Waals surface area contributed by atoms with Crippen LogP contribution in [0, 0.1) is 0 Å². The summed E-state index contributed by atoms with van der Waals surface area (Å²) in [4.78, 5) is 19.4. The van der Waals surface area contributed by atoms with E-state index in [0.29, 0.717) is 0 Å². The van der Waals surface area contributed by atoms with Crippen LogP contribution in [0.25, 0.3) is 0 Å². The molecule has 5 nitrogen and oxygen atoms in total. The Kier molecular flexibility index (Phi) is 6.14. The molecule has 0 spiro atoms. The first kappa shape index (κ1) is 19.3. The van der Waals surface area contributed by atoms with Crippen molar-refractivity contribution in [2.45, 2.75) is 49.5 Å². The molecule has 2 heterocycles. The van der Waals surface area contributed by atoms with Crippen LogP contribution in [0.1, 0.15) is 49.7 Å². The van der Waals surface area contributed by atoms with E-state index in [4.69, 9.17) is 11.5 Å². The summed E-state index contributed by atoms with van der Waals surface area (Å²) >= 11 is 0. The van der Waals surface area contributed by atoms with Crippen LogP contribution in [-0.4, -0.2) is 15.9 Å². The van der Waals surface area contributed by atoms with Gasteiger partial charge < -0.3 is 11.5 Å². The van der Waals surface area contributed by atoms with Crippen LogP contribution in [0.15, 0.2) is 49.1 Å². The molecule has 0 aliphatic heterocycles. The summed E-state index contributed by atoms with van der Waals surface area (Å²) in [6.45, 7) is 0. The number of pyridine rings is 2.